The summed E-state index contributed by atoms with van der Waals surface area (Å²) in [7, 11) is 0. The Kier molecular flexibility index (Phi) is 4.99. The van der Waals surface area contributed by atoms with Gasteiger partial charge in [-0.3, -0.25) is 4.79 Å². The van der Waals surface area contributed by atoms with E-state index in [0.29, 0.717) is 12.8 Å². The molecule has 1 heterocycles. The summed E-state index contributed by atoms with van der Waals surface area (Å²) in [6.07, 6.45) is 4.49. The molecule has 2 aromatic rings. The number of fused-ring (bicyclic) bond motifs is 1. The fourth-order valence-electron chi connectivity index (χ4n) is 2.47. The van der Waals surface area contributed by atoms with Crippen molar-refractivity contribution in [3.05, 3.63) is 48.2 Å². The smallest absolute Gasteiger partial charge is 0.326 e. The number of aliphatic carboxylic acids is 1. The van der Waals surface area contributed by atoms with Crippen LogP contribution < -0.4 is 5.32 Å². The van der Waals surface area contributed by atoms with Gasteiger partial charge in [0.25, 0.3) is 0 Å². The number of aromatic nitrogens is 1. The van der Waals surface area contributed by atoms with Gasteiger partial charge in [0.05, 0.1) is 6.42 Å². The Balaban J connectivity index is 2.08. The topological polar surface area (TPSA) is 82.2 Å². The highest BCUT2D eigenvalue weighted by molar-refractivity contribution is 5.91. The van der Waals surface area contributed by atoms with Gasteiger partial charge in [0.1, 0.15) is 6.04 Å². The Morgan fingerprint density at radius 3 is 2.91 bits per heavy atom. The monoisotopic (exact) mass is 300 g/mol. The first kappa shape index (κ1) is 15.8. The van der Waals surface area contributed by atoms with Gasteiger partial charge in [-0.15, -0.1) is 6.58 Å². The number of amides is 1. The summed E-state index contributed by atoms with van der Waals surface area (Å²) >= 11 is 0. The lowest BCUT2D eigenvalue weighted by Gasteiger charge is -2.13. The lowest BCUT2D eigenvalue weighted by atomic mass is 10.1. The number of carbonyl (C=O) groups is 2. The Labute approximate surface area is 129 Å². The van der Waals surface area contributed by atoms with Crippen molar-refractivity contribution in [2.75, 3.05) is 0 Å². The van der Waals surface area contributed by atoms with Gasteiger partial charge in [0.15, 0.2) is 0 Å². The van der Waals surface area contributed by atoms with Crippen LogP contribution in [0, 0.1) is 6.92 Å². The molecule has 0 fully saturated rings. The predicted octanol–water partition coefficient (Wildman–Crippen LogP) is 2.55. The molecule has 1 aromatic heterocycles. The van der Waals surface area contributed by atoms with Gasteiger partial charge >= 0.3 is 5.97 Å². The SMILES string of the molecule is C=CCCC(NC(=O)Cc1c[nH]c2c(C)cccc12)C(=O)O. The van der Waals surface area contributed by atoms with E-state index < -0.39 is 12.0 Å². The number of allylic oxidation sites excluding steroid dienone is 1. The van der Waals surface area contributed by atoms with Crippen LogP contribution in [0.15, 0.2) is 37.1 Å². The molecule has 0 aliphatic rings. The van der Waals surface area contributed by atoms with Crippen LogP contribution in [0.25, 0.3) is 10.9 Å². The molecule has 0 bridgehead atoms. The van der Waals surface area contributed by atoms with Gasteiger partial charge in [-0.2, -0.15) is 0 Å². The minimum atomic E-state index is -1.02. The molecular formula is C17H20N2O3. The molecule has 5 heteroatoms. The quantitative estimate of drug-likeness (QED) is 0.687. The summed E-state index contributed by atoms with van der Waals surface area (Å²) in [6.45, 7) is 5.56. The standard InChI is InChI=1S/C17H20N2O3/c1-3-4-8-14(17(21)22)19-15(20)9-12-10-18-16-11(2)6-5-7-13(12)16/h3,5-7,10,14,18H,1,4,8-9H2,2H3,(H,19,20)(H,21,22). The highest BCUT2D eigenvalue weighted by atomic mass is 16.4. The van der Waals surface area contributed by atoms with Crippen LogP contribution >= 0.6 is 0 Å². The maximum atomic E-state index is 12.1. The van der Waals surface area contributed by atoms with Crippen molar-refractivity contribution in [3.8, 4) is 0 Å². The number of rotatable bonds is 7. The maximum absolute atomic E-state index is 12.1. The molecule has 0 saturated heterocycles. The zero-order valence-electron chi connectivity index (χ0n) is 12.6. The van der Waals surface area contributed by atoms with Crippen molar-refractivity contribution in [1.29, 1.82) is 0 Å². The second-order valence-corrected chi connectivity index (χ2v) is 5.31. The molecule has 22 heavy (non-hydrogen) atoms. The average Bonchev–Trinajstić information content (AvgIpc) is 2.88. The molecule has 0 spiro atoms. The van der Waals surface area contributed by atoms with Crippen molar-refractivity contribution < 1.29 is 14.7 Å². The molecule has 0 aliphatic carbocycles. The second kappa shape index (κ2) is 6.93. The molecule has 0 radical (unpaired) electrons. The fraction of sp³-hybridized carbons (Fsp3) is 0.294. The third kappa shape index (κ3) is 3.55. The number of carboxylic acid groups (broad SMARTS) is 1. The van der Waals surface area contributed by atoms with E-state index in [1.54, 1.807) is 12.3 Å². The van der Waals surface area contributed by atoms with Crippen LogP contribution in [0.3, 0.4) is 0 Å². The molecule has 0 aliphatic heterocycles. The predicted molar refractivity (Wildman–Crippen MR) is 85.7 cm³/mol. The van der Waals surface area contributed by atoms with E-state index >= 15 is 0 Å². The van der Waals surface area contributed by atoms with E-state index in [-0.39, 0.29) is 12.3 Å². The number of hydrogen-bond donors (Lipinski definition) is 3. The van der Waals surface area contributed by atoms with Gasteiger partial charge in [-0.05, 0) is 30.9 Å². The van der Waals surface area contributed by atoms with Crippen molar-refractivity contribution in [1.82, 2.24) is 10.3 Å². The van der Waals surface area contributed by atoms with E-state index in [4.69, 9.17) is 5.11 Å². The number of H-pyrrole nitrogens is 1. The van der Waals surface area contributed by atoms with Crippen LogP contribution in [0.1, 0.15) is 24.0 Å². The number of carboxylic acids is 1. The molecule has 1 unspecified atom stereocenters. The van der Waals surface area contributed by atoms with Crippen molar-refractivity contribution in [2.24, 2.45) is 0 Å². The number of hydrogen-bond acceptors (Lipinski definition) is 2. The van der Waals surface area contributed by atoms with Crippen molar-refractivity contribution >= 4 is 22.8 Å². The number of carbonyl (C=O) groups excluding carboxylic acids is 1. The van der Waals surface area contributed by atoms with E-state index in [2.05, 4.69) is 16.9 Å². The van der Waals surface area contributed by atoms with Gasteiger partial charge in [-0.1, -0.05) is 24.3 Å². The zero-order chi connectivity index (χ0) is 16.1. The highest BCUT2D eigenvalue weighted by Crippen LogP contribution is 2.21. The van der Waals surface area contributed by atoms with Gasteiger partial charge in [0.2, 0.25) is 5.91 Å². The Morgan fingerprint density at radius 1 is 1.45 bits per heavy atom. The third-order valence-corrected chi connectivity index (χ3v) is 3.65. The van der Waals surface area contributed by atoms with E-state index in [1.165, 1.54) is 0 Å². The third-order valence-electron chi connectivity index (χ3n) is 3.65. The summed E-state index contributed by atoms with van der Waals surface area (Å²) in [4.78, 5) is 26.4. The van der Waals surface area contributed by atoms with Gasteiger partial charge in [-0.25, -0.2) is 4.79 Å². The van der Waals surface area contributed by atoms with E-state index in [0.717, 1.165) is 22.0 Å². The van der Waals surface area contributed by atoms with Crippen LogP contribution in [-0.2, 0) is 16.0 Å². The Hall–Kier alpha value is -2.56. The molecule has 1 aromatic carbocycles. The first-order valence-electron chi connectivity index (χ1n) is 7.21. The van der Waals surface area contributed by atoms with Crippen molar-refractivity contribution in [2.45, 2.75) is 32.2 Å². The molecule has 0 saturated carbocycles. The molecule has 2 rings (SSSR count). The van der Waals surface area contributed by atoms with Crippen LogP contribution in [0.2, 0.25) is 0 Å². The average molecular weight is 300 g/mol. The Morgan fingerprint density at radius 2 is 2.23 bits per heavy atom. The van der Waals surface area contributed by atoms with Crippen LogP contribution in [0.4, 0.5) is 0 Å². The molecule has 5 nitrogen and oxygen atoms in total. The first-order valence-corrected chi connectivity index (χ1v) is 7.21. The normalized spacial score (nSPS) is 12.0. The molecule has 1 atom stereocenters. The minimum absolute atomic E-state index is 0.154. The highest BCUT2D eigenvalue weighted by Gasteiger charge is 2.19. The summed E-state index contributed by atoms with van der Waals surface area (Å²) in [5, 5.41) is 12.7. The number of aryl methyl sites for hydroxylation is 1. The van der Waals surface area contributed by atoms with Gasteiger partial charge < -0.3 is 15.4 Å². The van der Waals surface area contributed by atoms with Crippen molar-refractivity contribution in [3.63, 3.8) is 0 Å². The summed E-state index contributed by atoms with van der Waals surface area (Å²) < 4.78 is 0. The largest absolute Gasteiger partial charge is 0.480 e. The molecule has 3 N–H and O–H groups in total. The lowest BCUT2D eigenvalue weighted by Crippen LogP contribution is -2.41. The molecule has 116 valence electrons. The van der Waals surface area contributed by atoms with E-state index in [9.17, 15) is 9.59 Å². The summed E-state index contributed by atoms with van der Waals surface area (Å²) in [5.41, 5.74) is 2.98. The first-order chi connectivity index (χ1) is 10.5. The zero-order valence-corrected chi connectivity index (χ0v) is 12.6. The maximum Gasteiger partial charge on any atom is 0.326 e. The lowest BCUT2D eigenvalue weighted by molar-refractivity contribution is -0.141. The van der Waals surface area contributed by atoms with Crippen LogP contribution in [-0.4, -0.2) is 28.0 Å². The van der Waals surface area contributed by atoms with E-state index in [1.807, 2.05) is 25.1 Å². The molecular weight excluding hydrogens is 280 g/mol. The summed E-state index contributed by atoms with van der Waals surface area (Å²) in [5.74, 6) is -1.32. The number of benzene rings is 1. The van der Waals surface area contributed by atoms with Gasteiger partial charge in [0, 0.05) is 17.1 Å². The van der Waals surface area contributed by atoms with Crippen LogP contribution in [0.5, 0.6) is 0 Å². The number of aromatic amines is 1. The number of para-hydroxylation sites is 1. The number of nitrogens with one attached hydrogen (secondary N) is 2. The Bertz CT molecular complexity index is 703. The second-order valence-electron chi connectivity index (χ2n) is 5.31. The minimum Gasteiger partial charge on any atom is -0.480 e. The molecule has 1 amide bonds. The summed E-state index contributed by atoms with van der Waals surface area (Å²) in [6, 6.07) is 5.01. The fourth-order valence-corrected chi connectivity index (χ4v) is 2.47.